The highest BCUT2D eigenvalue weighted by Gasteiger charge is 2.38. The SMILES string of the molecule is CC1(C)c2ccccc2-c2ccc(N(c3ccccc3)c3ccc4c(c3)[Si](C)(C)c3cccc5c3c-4cc3c4ccccc4c(-c4ccc(N(c6ccccc6-c6ccccc6)c6cccc7c6oc6ccccc67)cc4)cc53)cc21. The molecule has 2 heterocycles. The molecular formula is C77H56N2OSi. The summed E-state index contributed by atoms with van der Waals surface area (Å²) in [5, 5.41) is 12.9. The zero-order chi connectivity index (χ0) is 54.1. The molecule has 0 radical (unpaired) electrons. The van der Waals surface area contributed by atoms with Crippen molar-refractivity contribution in [2.75, 3.05) is 9.80 Å². The minimum Gasteiger partial charge on any atom is -0.454 e. The van der Waals surface area contributed by atoms with E-state index in [1.807, 2.05) is 6.07 Å². The van der Waals surface area contributed by atoms with Crippen LogP contribution < -0.4 is 20.2 Å². The van der Waals surface area contributed by atoms with Crippen molar-refractivity contribution in [3.8, 4) is 44.5 Å². The molecule has 81 heavy (non-hydrogen) atoms. The average molecular weight is 1050 g/mol. The van der Waals surface area contributed by atoms with Gasteiger partial charge in [0.2, 0.25) is 0 Å². The quantitative estimate of drug-likeness (QED) is 0.112. The minimum atomic E-state index is -2.31. The van der Waals surface area contributed by atoms with Crippen LogP contribution in [0.3, 0.4) is 0 Å². The van der Waals surface area contributed by atoms with Crippen molar-refractivity contribution in [3.63, 3.8) is 0 Å². The van der Waals surface area contributed by atoms with Crippen LogP contribution in [0.5, 0.6) is 0 Å². The molecule has 0 bridgehead atoms. The number of nitrogens with zero attached hydrogens (tertiary/aromatic N) is 2. The number of hydrogen-bond acceptors (Lipinski definition) is 3. The van der Waals surface area contributed by atoms with Gasteiger partial charge in [-0.15, -0.1) is 0 Å². The highest BCUT2D eigenvalue weighted by molar-refractivity contribution is 7.03. The van der Waals surface area contributed by atoms with E-state index in [1.54, 1.807) is 0 Å². The van der Waals surface area contributed by atoms with E-state index < -0.39 is 8.07 Å². The Morgan fingerprint density at radius 3 is 1.69 bits per heavy atom. The Morgan fingerprint density at radius 2 is 0.877 bits per heavy atom. The van der Waals surface area contributed by atoms with E-state index in [-0.39, 0.29) is 5.41 Å². The van der Waals surface area contributed by atoms with Gasteiger partial charge in [-0.2, -0.15) is 0 Å². The van der Waals surface area contributed by atoms with Gasteiger partial charge in [-0.05, 0) is 172 Å². The average Bonchev–Trinajstić information content (AvgIpc) is 3.82. The van der Waals surface area contributed by atoms with Gasteiger partial charge in [0.1, 0.15) is 13.7 Å². The van der Waals surface area contributed by atoms with Crippen LogP contribution in [-0.4, -0.2) is 8.07 Å². The summed E-state index contributed by atoms with van der Waals surface area (Å²) in [4.78, 5) is 4.85. The fourth-order valence-electron chi connectivity index (χ4n) is 14.1. The first-order valence-corrected chi connectivity index (χ1v) is 31.3. The van der Waals surface area contributed by atoms with Crippen molar-refractivity contribution in [1.29, 1.82) is 0 Å². The van der Waals surface area contributed by atoms with Gasteiger partial charge in [-0.25, -0.2) is 0 Å². The van der Waals surface area contributed by atoms with Gasteiger partial charge in [0.25, 0.3) is 0 Å². The molecule has 3 nitrogen and oxygen atoms in total. The number of para-hydroxylation sites is 4. The van der Waals surface area contributed by atoms with Gasteiger partial charge in [-0.1, -0.05) is 215 Å². The van der Waals surface area contributed by atoms with Crippen LogP contribution in [0.15, 0.2) is 271 Å². The molecule has 0 atom stereocenters. The lowest BCUT2D eigenvalue weighted by Gasteiger charge is -2.36. The fraction of sp³-hybridized carbons (Fsp3) is 0.0649. The Labute approximate surface area is 473 Å². The van der Waals surface area contributed by atoms with E-state index >= 15 is 0 Å². The van der Waals surface area contributed by atoms with Crippen molar-refractivity contribution in [3.05, 3.63) is 278 Å². The van der Waals surface area contributed by atoms with E-state index in [0.29, 0.717) is 0 Å². The Bertz CT molecular complexity index is 4880. The number of anilines is 6. The lowest BCUT2D eigenvalue weighted by molar-refractivity contribution is 0.660. The first kappa shape index (κ1) is 47.3. The summed E-state index contributed by atoms with van der Waals surface area (Å²) in [6.07, 6.45) is 0. The van der Waals surface area contributed by atoms with E-state index in [0.717, 1.165) is 55.8 Å². The summed E-state index contributed by atoms with van der Waals surface area (Å²) in [7, 11) is -2.31. The fourth-order valence-corrected chi connectivity index (χ4v) is 17.2. The van der Waals surface area contributed by atoms with Crippen molar-refractivity contribution < 1.29 is 4.42 Å². The molecule has 1 aliphatic heterocycles. The van der Waals surface area contributed by atoms with Gasteiger partial charge < -0.3 is 14.2 Å². The maximum Gasteiger partial charge on any atom is 0.159 e. The third kappa shape index (κ3) is 7.13. The first-order valence-electron chi connectivity index (χ1n) is 28.3. The molecule has 1 aliphatic carbocycles. The van der Waals surface area contributed by atoms with Gasteiger partial charge in [0.15, 0.2) is 5.58 Å². The second-order valence-electron chi connectivity index (χ2n) is 23.2. The zero-order valence-corrected chi connectivity index (χ0v) is 46.7. The third-order valence-corrected chi connectivity index (χ3v) is 21.6. The van der Waals surface area contributed by atoms with E-state index in [2.05, 4.69) is 298 Å². The predicted molar refractivity (Wildman–Crippen MR) is 346 cm³/mol. The van der Waals surface area contributed by atoms with Crippen LogP contribution in [0.4, 0.5) is 34.1 Å². The molecule has 0 fully saturated rings. The molecule has 0 unspecified atom stereocenters. The molecule has 0 saturated heterocycles. The van der Waals surface area contributed by atoms with Gasteiger partial charge in [-0.3, -0.25) is 0 Å². The second-order valence-corrected chi connectivity index (χ2v) is 27.5. The highest BCUT2D eigenvalue weighted by atomic mass is 28.3. The van der Waals surface area contributed by atoms with Crippen LogP contribution in [0.2, 0.25) is 13.1 Å². The minimum absolute atomic E-state index is 0.110. The summed E-state index contributed by atoms with van der Waals surface area (Å²) < 4.78 is 6.76. The van der Waals surface area contributed by atoms with Crippen LogP contribution >= 0.6 is 0 Å². The van der Waals surface area contributed by atoms with E-state index in [1.165, 1.54) is 98.6 Å². The van der Waals surface area contributed by atoms with Gasteiger partial charge in [0.05, 0.1) is 11.4 Å². The topological polar surface area (TPSA) is 19.6 Å². The Kier molecular flexibility index (Phi) is 10.4. The Morgan fingerprint density at radius 1 is 0.321 bits per heavy atom. The first-order chi connectivity index (χ1) is 39.7. The molecule has 16 rings (SSSR count). The summed E-state index contributed by atoms with van der Waals surface area (Å²) in [5.41, 5.74) is 21.0. The lowest BCUT2D eigenvalue weighted by atomic mass is 9.82. The number of rotatable bonds is 8. The number of fused-ring (bicyclic) bond motifs is 12. The van der Waals surface area contributed by atoms with Gasteiger partial charge >= 0.3 is 0 Å². The molecule has 14 aromatic rings. The number of hydrogen-bond donors (Lipinski definition) is 0. The van der Waals surface area contributed by atoms with Crippen molar-refractivity contribution >= 4 is 107 Å². The normalized spacial score (nSPS) is 13.6. The molecule has 1 aromatic heterocycles. The molecule has 0 saturated carbocycles. The maximum absolute atomic E-state index is 6.76. The maximum atomic E-state index is 6.76. The Hall–Kier alpha value is -9.74. The smallest absolute Gasteiger partial charge is 0.159 e. The number of furan rings is 1. The molecule has 0 amide bonds. The molecule has 0 N–H and O–H groups in total. The molecule has 384 valence electrons. The summed E-state index contributed by atoms with van der Waals surface area (Å²) in [6.45, 7) is 9.86. The molecule has 2 aliphatic rings. The molecular weight excluding hydrogens is 997 g/mol. The van der Waals surface area contributed by atoms with Crippen molar-refractivity contribution in [2.24, 2.45) is 0 Å². The molecule has 13 aromatic carbocycles. The van der Waals surface area contributed by atoms with Crippen LogP contribution in [0.25, 0.3) is 98.8 Å². The highest BCUT2D eigenvalue weighted by Crippen LogP contribution is 2.52. The van der Waals surface area contributed by atoms with Crippen LogP contribution in [-0.2, 0) is 5.41 Å². The molecule has 4 heteroatoms. The third-order valence-electron chi connectivity index (χ3n) is 18.0. The van der Waals surface area contributed by atoms with Crippen molar-refractivity contribution in [1.82, 2.24) is 0 Å². The Balaban J connectivity index is 0.841. The monoisotopic (exact) mass is 1050 g/mol. The van der Waals surface area contributed by atoms with Gasteiger partial charge in [0, 0.05) is 44.5 Å². The van der Waals surface area contributed by atoms with Crippen molar-refractivity contribution in [2.45, 2.75) is 32.4 Å². The summed E-state index contributed by atoms with van der Waals surface area (Å²) in [5.74, 6) is 0. The standard InChI is InChI=1S/C77H56N2OSi/c1-77(2)68-32-16-13-28-58(68)59-43-41-53(45-69(59)77)78(51-23-9-6-10-24-51)54-42-44-61-67-48-65-57-27-12-11-26-56(57)64(47-66(65)62-30-20-36-73(75(62)67)81(3,4)74(61)46-54)50-37-39-52(40-38-50)79(70-33-17-14-25-55(70)49-21-7-5-8-22-49)71-34-19-31-63-60-29-15-18-35-72(60)80-76(63)71/h5-48H,1-4H3. The number of benzene rings is 13. The van der Waals surface area contributed by atoms with Crippen LogP contribution in [0.1, 0.15) is 25.0 Å². The second kappa shape index (κ2) is 17.9. The summed E-state index contributed by atoms with van der Waals surface area (Å²) >= 11 is 0. The predicted octanol–water partition coefficient (Wildman–Crippen LogP) is 20.4. The summed E-state index contributed by atoms with van der Waals surface area (Å²) in [6, 6.07) is 99.0. The zero-order valence-electron chi connectivity index (χ0n) is 45.7. The van der Waals surface area contributed by atoms with Crippen LogP contribution in [0, 0.1) is 0 Å². The largest absolute Gasteiger partial charge is 0.454 e. The van der Waals surface area contributed by atoms with E-state index in [4.69, 9.17) is 4.42 Å². The lowest BCUT2D eigenvalue weighted by Crippen LogP contribution is -2.56. The molecule has 0 spiro atoms. The van der Waals surface area contributed by atoms with E-state index in [9.17, 15) is 0 Å².